The topological polar surface area (TPSA) is 98.6 Å². The van der Waals surface area contributed by atoms with Crippen molar-refractivity contribution in [1.82, 2.24) is 5.32 Å². The van der Waals surface area contributed by atoms with Gasteiger partial charge in [0, 0.05) is 22.2 Å². The highest BCUT2D eigenvalue weighted by Gasteiger charge is 2.25. The van der Waals surface area contributed by atoms with Crippen LogP contribution in [0.2, 0.25) is 10.0 Å². The third-order valence-corrected chi connectivity index (χ3v) is 5.67. The monoisotopic (exact) mass is 507 g/mol. The van der Waals surface area contributed by atoms with Crippen LogP contribution in [-0.2, 0) is 20.9 Å². The molecule has 1 aliphatic heterocycles. The number of ether oxygens (including phenoxy) is 3. The predicted octanol–water partition coefficient (Wildman–Crippen LogP) is 4.58. The lowest BCUT2D eigenvalue weighted by atomic mass is 10.2. The summed E-state index contributed by atoms with van der Waals surface area (Å²) in [6.45, 7) is 2.47. The number of esters is 1. The van der Waals surface area contributed by atoms with Gasteiger partial charge in [0.15, 0.2) is 16.7 Å². The normalized spacial score (nSPS) is 15.8. The number of nitrogens with one attached hydrogen (secondary N) is 1. The number of amidine groups is 1. The standard InChI is InChI=1S/C22H19Cl2N3O5S/c1-3-31-17-9-13(8-16(24)20(17)32-12-14-6-4-5-7-15(14)23)11-25-27-22-26-21(29)18(33-22)10-19(28)30-2/h4-11H,3,12H2,1-2H3,(H,26,27,29)/b18-10+,25-11?. The minimum absolute atomic E-state index is 0.164. The second kappa shape index (κ2) is 11.7. The highest BCUT2D eigenvalue weighted by molar-refractivity contribution is 8.18. The first kappa shape index (κ1) is 24.6. The molecule has 0 aromatic heterocycles. The molecule has 0 radical (unpaired) electrons. The molecule has 2 aromatic rings. The molecule has 1 saturated heterocycles. The van der Waals surface area contributed by atoms with Crippen molar-refractivity contribution in [3.8, 4) is 11.5 Å². The maximum absolute atomic E-state index is 11.9. The molecule has 11 heteroatoms. The lowest BCUT2D eigenvalue weighted by molar-refractivity contribution is -0.135. The number of carbonyl (C=O) groups excluding carboxylic acids is 2. The largest absolute Gasteiger partial charge is 0.490 e. The minimum Gasteiger partial charge on any atom is -0.490 e. The summed E-state index contributed by atoms with van der Waals surface area (Å²) in [6, 6.07) is 10.7. The molecule has 3 rings (SSSR count). The Balaban J connectivity index is 1.75. The van der Waals surface area contributed by atoms with E-state index in [1.165, 1.54) is 13.3 Å². The molecule has 2 aromatic carbocycles. The molecule has 1 fully saturated rings. The summed E-state index contributed by atoms with van der Waals surface area (Å²) in [5.41, 5.74) is 1.42. The summed E-state index contributed by atoms with van der Waals surface area (Å²) in [5.74, 6) is -0.260. The number of hydrogen-bond acceptors (Lipinski definition) is 8. The average Bonchev–Trinajstić information content (AvgIpc) is 3.13. The Morgan fingerprint density at radius 2 is 1.97 bits per heavy atom. The summed E-state index contributed by atoms with van der Waals surface area (Å²) >= 11 is 13.6. The van der Waals surface area contributed by atoms with Gasteiger partial charge in [-0.1, -0.05) is 41.4 Å². The number of methoxy groups -OCH3 is 1. The molecule has 8 nitrogen and oxygen atoms in total. The molecule has 1 aliphatic rings. The van der Waals surface area contributed by atoms with Gasteiger partial charge in [-0.15, -0.1) is 5.10 Å². The van der Waals surface area contributed by atoms with Crippen LogP contribution in [0.1, 0.15) is 18.1 Å². The molecule has 0 saturated carbocycles. The van der Waals surface area contributed by atoms with Crippen LogP contribution in [0.4, 0.5) is 0 Å². The molecule has 1 amide bonds. The van der Waals surface area contributed by atoms with Crippen molar-refractivity contribution in [2.45, 2.75) is 13.5 Å². The number of rotatable bonds is 8. The summed E-state index contributed by atoms with van der Waals surface area (Å²) in [7, 11) is 1.23. The zero-order chi connectivity index (χ0) is 23.8. The zero-order valence-corrected chi connectivity index (χ0v) is 20.0. The van der Waals surface area contributed by atoms with Crippen LogP contribution in [0, 0.1) is 0 Å². The van der Waals surface area contributed by atoms with Gasteiger partial charge >= 0.3 is 5.97 Å². The van der Waals surface area contributed by atoms with Gasteiger partial charge in [-0.05, 0) is 36.9 Å². The van der Waals surface area contributed by atoms with Crippen molar-refractivity contribution in [2.75, 3.05) is 13.7 Å². The first-order valence-corrected chi connectivity index (χ1v) is 11.2. The highest BCUT2D eigenvalue weighted by atomic mass is 35.5. The van der Waals surface area contributed by atoms with E-state index < -0.39 is 11.9 Å². The lowest BCUT2D eigenvalue weighted by Crippen LogP contribution is -2.19. The number of carbonyl (C=O) groups is 2. The van der Waals surface area contributed by atoms with Gasteiger partial charge in [-0.2, -0.15) is 5.10 Å². The zero-order valence-electron chi connectivity index (χ0n) is 17.6. The van der Waals surface area contributed by atoms with Crippen LogP contribution in [0.5, 0.6) is 11.5 Å². The van der Waals surface area contributed by atoms with Gasteiger partial charge in [-0.3, -0.25) is 10.1 Å². The number of benzene rings is 2. The van der Waals surface area contributed by atoms with E-state index in [4.69, 9.17) is 32.7 Å². The number of nitrogens with zero attached hydrogens (tertiary/aromatic N) is 2. The van der Waals surface area contributed by atoms with Gasteiger partial charge in [0.05, 0.1) is 29.9 Å². The second-order valence-corrected chi connectivity index (χ2v) is 8.23. The molecule has 172 valence electrons. The van der Waals surface area contributed by atoms with Crippen molar-refractivity contribution in [3.63, 3.8) is 0 Å². The molecule has 0 spiro atoms. The molecule has 0 aliphatic carbocycles. The van der Waals surface area contributed by atoms with Crippen molar-refractivity contribution >= 4 is 58.2 Å². The summed E-state index contributed by atoms with van der Waals surface area (Å²) in [4.78, 5) is 23.3. The first-order chi connectivity index (χ1) is 15.9. The molecular formula is C22H19Cl2N3O5S. The van der Waals surface area contributed by atoms with Crippen LogP contribution in [-0.4, -0.2) is 37.0 Å². The van der Waals surface area contributed by atoms with E-state index in [2.05, 4.69) is 20.3 Å². The number of hydrogen-bond donors (Lipinski definition) is 1. The van der Waals surface area contributed by atoms with Crippen molar-refractivity contribution in [3.05, 3.63) is 68.6 Å². The van der Waals surface area contributed by atoms with Crippen molar-refractivity contribution in [2.24, 2.45) is 10.2 Å². The molecule has 0 unspecified atom stereocenters. The number of amides is 1. The third-order valence-electron chi connectivity index (χ3n) is 4.12. The molecular weight excluding hydrogens is 489 g/mol. The van der Waals surface area contributed by atoms with E-state index in [1.807, 2.05) is 25.1 Å². The van der Waals surface area contributed by atoms with E-state index >= 15 is 0 Å². The van der Waals surface area contributed by atoms with E-state index in [9.17, 15) is 9.59 Å². The quantitative estimate of drug-likeness (QED) is 0.243. The highest BCUT2D eigenvalue weighted by Crippen LogP contribution is 2.37. The van der Waals surface area contributed by atoms with E-state index in [0.717, 1.165) is 23.4 Å². The third kappa shape index (κ3) is 6.74. The van der Waals surface area contributed by atoms with E-state index in [1.54, 1.807) is 18.2 Å². The average molecular weight is 508 g/mol. The van der Waals surface area contributed by atoms with Crippen LogP contribution >= 0.6 is 35.0 Å². The lowest BCUT2D eigenvalue weighted by Gasteiger charge is -2.15. The Hall–Kier alpha value is -3.01. The molecule has 0 atom stereocenters. The minimum atomic E-state index is -0.632. The fourth-order valence-electron chi connectivity index (χ4n) is 2.62. The maximum atomic E-state index is 11.9. The fourth-order valence-corrected chi connectivity index (χ4v) is 3.82. The van der Waals surface area contributed by atoms with Gasteiger partial charge in [0.25, 0.3) is 5.91 Å². The Kier molecular flexibility index (Phi) is 8.76. The summed E-state index contributed by atoms with van der Waals surface area (Å²) in [6.07, 6.45) is 2.54. The van der Waals surface area contributed by atoms with Crippen LogP contribution in [0.25, 0.3) is 0 Å². The molecule has 0 bridgehead atoms. The summed E-state index contributed by atoms with van der Waals surface area (Å²) < 4.78 is 16.1. The van der Waals surface area contributed by atoms with E-state index in [-0.39, 0.29) is 16.7 Å². The Morgan fingerprint density at radius 3 is 2.70 bits per heavy atom. The van der Waals surface area contributed by atoms with Crippen LogP contribution < -0.4 is 14.8 Å². The molecule has 1 heterocycles. The molecule has 1 N–H and O–H groups in total. The Morgan fingerprint density at radius 1 is 1.18 bits per heavy atom. The SMILES string of the molecule is CCOc1cc(C=N/N=C2/NC(=O)/C(=C\C(=O)OC)S2)cc(Cl)c1OCc1ccccc1Cl. The van der Waals surface area contributed by atoms with Gasteiger partial charge in [0.1, 0.15) is 6.61 Å². The van der Waals surface area contributed by atoms with E-state index in [0.29, 0.717) is 33.7 Å². The predicted molar refractivity (Wildman–Crippen MR) is 129 cm³/mol. The van der Waals surface area contributed by atoms with Crippen molar-refractivity contribution < 1.29 is 23.8 Å². The maximum Gasteiger partial charge on any atom is 0.331 e. The fraction of sp³-hybridized carbons (Fsp3) is 0.182. The molecule has 33 heavy (non-hydrogen) atoms. The van der Waals surface area contributed by atoms with Gasteiger partial charge in [-0.25, -0.2) is 4.79 Å². The number of thioether (sulfide) groups is 1. The van der Waals surface area contributed by atoms with Crippen molar-refractivity contribution in [1.29, 1.82) is 0 Å². The van der Waals surface area contributed by atoms with Crippen LogP contribution in [0.15, 0.2) is 57.6 Å². The Labute approximate surface area is 204 Å². The smallest absolute Gasteiger partial charge is 0.331 e. The first-order valence-electron chi connectivity index (χ1n) is 9.63. The summed E-state index contributed by atoms with van der Waals surface area (Å²) in [5, 5.41) is 11.6. The van der Waals surface area contributed by atoms with Gasteiger partial charge in [0.2, 0.25) is 0 Å². The second-order valence-electron chi connectivity index (χ2n) is 6.38. The van der Waals surface area contributed by atoms with Gasteiger partial charge < -0.3 is 14.2 Å². The number of halogens is 2. The Bertz CT molecular complexity index is 1150. The van der Waals surface area contributed by atoms with Crippen LogP contribution in [0.3, 0.4) is 0 Å².